The van der Waals surface area contributed by atoms with E-state index < -0.39 is 0 Å². The molecule has 3 nitrogen and oxygen atoms in total. The first kappa shape index (κ1) is 6.95. The molecule has 2 rings (SSSR count). The molecule has 0 spiro atoms. The van der Waals surface area contributed by atoms with Gasteiger partial charge in [-0.25, -0.2) is 4.79 Å². The van der Waals surface area contributed by atoms with Crippen LogP contribution in [0.1, 0.15) is 19.8 Å². The fourth-order valence-electron chi connectivity index (χ4n) is 1.71. The molecule has 0 unspecified atom stereocenters. The Morgan fingerprint density at radius 1 is 1.64 bits per heavy atom. The third-order valence-electron chi connectivity index (χ3n) is 2.69. The van der Waals surface area contributed by atoms with Crippen LogP contribution in [0.3, 0.4) is 0 Å². The monoisotopic (exact) mass is 154 g/mol. The van der Waals surface area contributed by atoms with E-state index >= 15 is 0 Å². The van der Waals surface area contributed by atoms with E-state index in [-0.39, 0.29) is 6.03 Å². The van der Waals surface area contributed by atoms with Crippen molar-refractivity contribution in [3.05, 3.63) is 0 Å². The van der Waals surface area contributed by atoms with Crippen molar-refractivity contribution >= 4 is 6.03 Å². The van der Waals surface area contributed by atoms with Crippen LogP contribution in [0.15, 0.2) is 0 Å². The molecule has 1 aliphatic heterocycles. The number of nitrogens with zero attached hydrogens (tertiary/aromatic N) is 1. The number of amides is 2. The van der Waals surface area contributed by atoms with Crippen molar-refractivity contribution in [2.45, 2.75) is 25.8 Å². The number of urea groups is 1. The summed E-state index contributed by atoms with van der Waals surface area (Å²) in [6.45, 7) is 3.88. The van der Waals surface area contributed by atoms with E-state index in [1.165, 1.54) is 12.8 Å². The summed E-state index contributed by atoms with van der Waals surface area (Å²) < 4.78 is 0. The Labute approximate surface area is 66.8 Å². The van der Waals surface area contributed by atoms with Crippen molar-refractivity contribution in [2.75, 3.05) is 13.1 Å². The van der Waals surface area contributed by atoms with E-state index in [4.69, 9.17) is 0 Å². The van der Waals surface area contributed by atoms with Gasteiger partial charge < -0.3 is 10.2 Å². The Morgan fingerprint density at radius 2 is 2.36 bits per heavy atom. The topological polar surface area (TPSA) is 32.3 Å². The maximum Gasteiger partial charge on any atom is 0.317 e. The first-order valence-electron chi connectivity index (χ1n) is 4.33. The molecule has 2 aliphatic rings. The van der Waals surface area contributed by atoms with Gasteiger partial charge in [0, 0.05) is 19.1 Å². The molecule has 2 amide bonds. The summed E-state index contributed by atoms with van der Waals surface area (Å²) in [6.07, 6.45) is 2.62. The summed E-state index contributed by atoms with van der Waals surface area (Å²) >= 11 is 0. The molecule has 0 aromatic heterocycles. The normalized spacial score (nSPS) is 27.0. The quantitative estimate of drug-likeness (QED) is 0.627. The van der Waals surface area contributed by atoms with Gasteiger partial charge in [0.25, 0.3) is 0 Å². The summed E-state index contributed by atoms with van der Waals surface area (Å²) in [5.41, 5.74) is 0. The van der Waals surface area contributed by atoms with Crippen LogP contribution in [0.4, 0.5) is 4.79 Å². The lowest BCUT2D eigenvalue weighted by molar-refractivity contribution is 0.195. The standard InChI is InChI=1S/C8H14N2O/c1-6(7-2-3-7)10-5-4-9-8(10)11/h6-7H,2-5H2,1H3,(H,9,11)/t6-/m1/s1. The minimum atomic E-state index is 0.129. The van der Waals surface area contributed by atoms with Gasteiger partial charge in [-0.2, -0.15) is 0 Å². The molecule has 1 saturated heterocycles. The smallest absolute Gasteiger partial charge is 0.317 e. The number of hydrogen-bond acceptors (Lipinski definition) is 1. The second-order valence-corrected chi connectivity index (χ2v) is 3.50. The molecular formula is C8H14N2O. The molecule has 1 N–H and O–H groups in total. The molecule has 1 aliphatic carbocycles. The van der Waals surface area contributed by atoms with Gasteiger partial charge in [0.05, 0.1) is 0 Å². The zero-order valence-electron chi connectivity index (χ0n) is 6.84. The third-order valence-corrected chi connectivity index (χ3v) is 2.69. The maximum atomic E-state index is 11.2. The van der Waals surface area contributed by atoms with Crippen LogP contribution >= 0.6 is 0 Å². The number of nitrogens with one attached hydrogen (secondary N) is 1. The van der Waals surface area contributed by atoms with Crippen LogP contribution in [0.25, 0.3) is 0 Å². The molecule has 1 atom stereocenters. The van der Waals surface area contributed by atoms with Crippen molar-refractivity contribution < 1.29 is 4.79 Å². The third kappa shape index (κ3) is 1.19. The van der Waals surface area contributed by atoms with Gasteiger partial charge in [-0.15, -0.1) is 0 Å². The van der Waals surface area contributed by atoms with Crippen LogP contribution in [0.5, 0.6) is 0 Å². The van der Waals surface area contributed by atoms with Gasteiger partial charge in [0.2, 0.25) is 0 Å². The Hall–Kier alpha value is -0.730. The number of carbonyl (C=O) groups excluding carboxylic acids is 1. The molecule has 62 valence electrons. The fourth-order valence-corrected chi connectivity index (χ4v) is 1.71. The predicted molar refractivity (Wildman–Crippen MR) is 42.3 cm³/mol. The van der Waals surface area contributed by atoms with Crippen molar-refractivity contribution in [3.63, 3.8) is 0 Å². The Balaban J connectivity index is 1.96. The lowest BCUT2D eigenvalue weighted by Gasteiger charge is -2.22. The van der Waals surface area contributed by atoms with Crippen molar-refractivity contribution in [2.24, 2.45) is 5.92 Å². The second-order valence-electron chi connectivity index (χ2n) is 3.50. The molecule has 0 aromatic carbocycles. The van der Waals surface area contributed by atoms with Crippen molar-refractivity contribution in [1.82, 2.24) is 10.2 Å². The molecule has 0 bridgehead atoms. The van der Waals surface area contributed by atoms with Gasteiger partial charge in [0.1, 0.15) is 0 Å². The zero-order chi connectivity index (χ0) is 7.84. The highest BCUT2D eigenvalue weighted by Crippen LogP contribution is 2.35. The van der Waals surface area contributed by atoms with Crippen LogP contribution in [0.2, 0.25) is 0 Å². The highest BCUT2D eigenvalue weighted by Gasteiger charge is 2.35. The summed E-state index contributed by atoms with van der Waals surface area (Å²) in [7, 11) is 0. The number of hydrogen-bond donors (Lipinski definition) is 1. The summed E-state index contributed by atoms with van der Waals surface area (Å²) in [4.78, 5) is 13.1. The Bertz CT molecular complexity index is 177. The van der Waals surface area contributed by atoms with E-state index in [0.29, 0.717) is 6.04 Å². The predicted octanol–water partition coefficient (Wildman–Crippen LogP) is 0.810. The van der Waals surface area contributed by atoms with Crippen LogP contribution < -0.4 is 5.32 Å². The molecule has 1 heterocycles. The molecule has 1 saturated carbocycles. The molecule has 0 radical (unpaired) electrons. The molecule has 3 heteroatoms. The lowest BCUT2D eigenvalue weighted by Crippen LogP contribution is -2.37. The van der Waals surface area contributed by atoms with E-state index in [1.54, 1.807) is 0 Å². The van der Waals surface area contributed by atoms with Gasteiger partial charge in [-0.05, 0) is 25.7 Å². The maximum absolute atomic E-state index is 11.2. The van der Waals surface area contributed by atoms with Gasteiger partial charge in [0.15, 0.2) is 0 Å². The Morgan fingerprint density at radius 3 is 2.82 bits per heavy atom. The first-order valence-corrected chi connectivity index (χ1v) is 4.33. The van der Waals surface area contributed by atoms with Crippen molar-refractivity contribution in [1.29, 1.82) is 0 Å². The van der Waals surface area contributed by atoms with Crippen molar-refractivity contribution in [3.8, 4) is 0 Å². The summed E-state index contributed by atoms with van der Waals surface area (Å²) in [5, 5.41) is 2.82. The van der Waals surface area contributed by atoms with E-state index in [9.17, 15) is 4.79 Å². The van der Waals surface area contributed by atoms with E-state index in [2.05, 4.69) is 12.2 Å². The fraction of sp³-hybridized carbons (Fsp3) is 0.875. The molecule has 2 fully saturated rings. The van der Waals surface area contributed by atoms with Gasteiger partial charge in [-0.3, -0.25) is 0 Å². The number of carbonyl (C=O) groups is 1. The van der Waals surface area contributed by atoms with Gasteiger partial charge in [-0.1, -0.05) is 0 Å². The highest BCUT2D eigenvalue weighted by atomic mass is 16.2. The van der Waals surface area contributed by atoms with Crippen LogP contribution in [0, 0.1) is 5.92 Å². The largest absolute Gasteiger partial charge is 0.336 e. The van der Waals surface area contributed by atoms with Gasteiger partial charge >= 0.3 is 6.03 Å². The summed E-state index contributed by atoms with van der Waals surface area (Å²) in [5.74, 6) is 0.791. The summed E-state index contributed by atoms with van der Waals surface area (Å²) in [6, 6.07) is 0.599. The average molecular weight is 154 g/mol. The lowest BCUT2D eigenvalue weighted by atomic mass is 10.2. The molecular weight excluding hydrogens is 140 g/mol. The van der Waals surface area contributed by atoms with Crippen LogP contribution in [-0.2, 0) is 0 Å². The highest BCUT2D eigenvalue weighted by molar-refractivity contribution is 5.76. The SMILES string of the molecule is C[C@H](C1CC1)N1CCNC1=O. The minimum Gasteiger partial charge on any atom is -0.336 e. The second kappa shape index (κ2) is 2.40. The van der Waals surface area contributed by atoms with Crippen LogP contribution in [-0.4, -0.2) is 30.1 Å². The van der Waals surface area contributed by atoms with E-state index in [1.807, 2.05) is 4.90 Å². The number of rotatable bonds is 2. The zero-order valence-corrected chi connectivity index (χ0v) is 6.84. The van der Waals surface area contributed by atoms with E-state index in [0.717, 1.165) is 19.0 Å². The Kier molecular flexibility index (Phi) is 1.51. The minimum absolute atomic E-state index is 0.129. The average Bonchev–Trinajstić information content (AvgIpc) is 2.74. The molecule has 0 aromatic rings. The molecule has 11 heavy (non-hydrogen) atoms. The first-order chi connectivity index (χ1) is 5.29.